The molecule has 1 saturated heterocycles. The van der Waals surface area contributed by atoms with E-state index in [9.17, 15) is 18.0 Å². The van der Waals surface area contributed by atoms with Crippen molar-refractivity contribution in [2.24, 2.45) is 0 Å². The second-order valence-corrected chi connectivity index (χ2v) is 8.08. The van der Waals surface area contributed by atoms with Gasteiger partial charge in [-0.05, 0) is 43.5 Å². The van der Waals surface area contributed by atoms with Gasteiger partial charge < -0.3 is 10.2 Å². The zero-order chi connectivity index (χ0) is 18.4. The van der Waals surface area contributed by atoms with Crippen molar-refractivity contribution in [3.8, 4) is 0 Å². The van der Waals surface area contributed by atoms with E-state index in [4.69, 9.17) is 0 Å². The number of hydrogen-bond donors (Lipinski definition) is 2. The zero-order valence-corrected chi connectivity index (χ0v) is 15.4. The molecule has 0 bridgehead atoms. The summed E-state index contributed by atoms with van der Waals surface area (Å²) in [6.07, 6.45) is 3.93. The summed E-state index contributed by atoms with van der Waals surface area (Å²) >= 11 is 0. The average Bonchev–Trinajstić information content (AvgIpc) is 2.54. The van der Waals surface area contributed by atoms with E-state index in [-0.39, 0.29) is 17.9 Å². The molecule has 0 unspecified atom stereocenters. The van der Waals surface area contributed by atoms with Crippen molar-refractivity contribution >= 4 is 27.5 Å². The minimum absolute atomic E-state index is 0.0706. The molecule has 0 aliphatic carbocycles. The number of anilines is 1. The summed E-state index contributed by atoms with van der Waals surface area (Å²) in [5.74, 6) is -0.00881. The lowest BCUT2D eigenvalue weighted by molar-refractivity contribution is -0.122. The summed E-state index contributed by atoms with van der Waals surface area (Å²) in [5.41, 5.74) is 0.948. The molecule has 1 aromatic rings. The van der Waals surface area contributed by atoms with Crippen LogP contribution in [-0.2, 0) is 14.8 Å². The maximum absolute atomic E-state index is 12.5. The molecule has 2 N–H and O–H groups in total. The van der Waals surface area contributed by atoms with E-state index in [2.05, 4.69) is 10.0 Å². The maximum Gasteiger partial charge on any atom is 0.253 e. The molecular weight excluding hydrogens is 342 g/mol. The van der Waals surface area contributed by atoms with Crippen LogP contribution in [0.5, 0.6) is 0 Å². The molecular formula is C17H25N3O4S. The average molecular weight is 367 g/mol. The van der Waals surface area contributed by atoms with Gasteiger partial charge in [-0.25, -0.2) is 8.42 Å². The fourth-order valence-corrected chi connectivity index (χ4v) is 3.40. The minimum Gasteiger partial charge on any atom is -0.353 e. The van der Waals surface area contributed by atoms with Gasteiger partial charge in [0, 0.05) is 36.8 Å². The van der Waals surface area contributed by atoms with Gasteiger partial charge in [0.2, 0.25) is 15.9 Å². The molecule has 138 valence electrons. The van der Waals surface area contributed by atoms with Crippen molar-refractivity contribution in [2.75, 3.05) is 24.1 Å². The van der Waals surface area contributed by atoms with E-state index in [0.29, 0.717) is 30.8 Å². The van der Waals surface area contributed by atoms with E-state index in [1.165, 1.54) is 0 Å². The first-order chi connectivity index (χ1) is 11.8. The summed E-state index contributed by atoms with van der Waals surface area (Å²) in [6.45, 7) is 3.16. The summed E-state index contributed by atoms with van der Waals surface area (Å²) in [7, 11) is -3.33. The first-order valence-electron chi connectivity index (χ1n) is 8.45. The number of carbonyl (C=O) groups excluding carboxylic acids is 2. The molecule has 0 spiro atoms. The van der Waals surface area contributed by atoms with Crippen LogP contribution in [0.15, 0.2) is 24.3 Å². The van der Waals surface area contributed by atoms with Gasteiger partial charge in [-0.2, -0.15) is 0 Å². The number of piperidine rings is 1. The zero-order valence-electron chi connectivity index (χ0n) is 14.6. The van der Waals surface area contributed by atoms with Gasteiger partial charge in [-0.1, -0.05) is 6.92 Å². The van der Waals surface area contributed by atoms with Gasteiger partial charge in [0.1, 0.15) is 0 Å². The van der Waals surface area contributed by atoms with Crippen LogP contribution in [-0.4, -0.2) is 50.5 Å². The number of sulfonamides is 1. The molecule has 1 fully saturated rings. The standard InChI is InChI=1S/C17H25N3O4S/c1-3-4-16(21)18-14-9-11-20(12-10-14)17(22)13-5-7-15(8-6-13)19-25(2,23)24/h5-8,14,19H,3-4,9-12H2,1-2H3,(H,18,21). The molecule has 0 saturated carbocycles. The Hall–Kier alpha value is -2.09. The van der Waals surface area contributed by atoms with Gasteiger partial charge in [0.05, 0.1) is 6.26 Å². The van der Waals surface area contributed by atoms with Crippen LogP contribution in [0, 0.1) is 0 Å². The molecule has 1 aliphatic rings. The third-order valence-electron chi connectivity index (χ3n) is 4.06. The summed E-state index contributed by atoms with van der Waals surface area (Å²) in [4.78, 5) is 25.9. The Morgan fingerprint density at radius 2 is 1.76 bits per heavy atom. The predicted octanol–water partition coefficient (Wildman–Crippen LogP) is 1.58. The second kappa shape index (κ2) is 8.33. The number of hydrogen-bond acceptors (Lipinski definition) is 4. The molecule has 25 heavy (non-hydrogen) atoms. The van der Waals surface area contributed by atoms with Crippen LogP contribution in [0.25, 0.3) is 0 Å². The number of likely N-dealkylation sites (tertiary alicyclic amines) is 1. The van der Waals surface area contributed by atoms with Crippen LogP contribution in [0.4, 0.5) is 5.69 Å². The third kappa shape index (κ3) is 6.04. The molecule has 7 nitrogen and oxygen atoms in total. The highest BCUT2D eigenvalue weighted by atomic mass is 32.2. The lowest BCUT2D eigenvalue weighted by Crippen LogP contribution is -2.46. The van der Waals surface area contributed by atoms with E-state index in [1.54, 1.807) is 29.2 Å². The highest BCUT2D eigenvalue weighted by molar-refractivity contribution is 7.92. The Morgan fingerprint density at radius 1 is 1.16 bits per heavy atom. The van der Waals surface area contributed by atoms with E-state index in [0.717, 1.165) is 25.5 Å². The third-order valence-corrected chi connectivity index (χ3v) is 4.67. The molecule has 2 amide bonds. The van der Waals surface area contributed by atoms with E-state index >= 15 is 0 Å². The SMILES string of the molecule is CCCC(=O)NC1CCN(C(=O)c2ccc(NS(C)(=O)=O)cc2)CC1. The van der Waals surface area contributed by atoms with E-state index in [1.807, 2.05) is 6.92 Å². The Bertz CT molecular complexity index is 708. The molecule has 1 aromatic carbocycles. The van der Waals surface area contributed by atoms with Crippen molar-refractivity contribution in [1.82, 2.24) is 10.2 Å². The van der Waals surface area contributed by atoms with Crippen LogP contribution in [0.2, 0.25) is 0 Å². The first kappa shape index (κ1) is 19.2. The van der Waals surface area contributed by atoms with Crippen LogP contribution in [0.3, 0.4) is 0 Å². The molecule has 0 aromatic heterocycles. The lowest BCUT2D eigenvalue weighted by atomic mass is 10.0. The van der Waals surface area contributed by atoms with Gasteiger partial charge in [0.15, 0.2) is 0 Å². The number of nitrogens with one attached hydrogen (secondary N) is 2. The smallest absolute Gasteiger partial charge is 0.253 e. The number of benzene rings is 1. The molecule has 1 heterocycles. The van der Waals surface area contributed by atoms with Gasteiger partial charge >= 0.3 is 0 Å². The Kier molecular flexibility index (Phi) is 6.41. The summed E-state index contributed by atoms with van der Waals surface area (Å²) in [5, 5.41) is 3.01. The topological polar surface area (TPSA) is 95.6 Å². The molecule has 0 radical (unpaired) electrons. The van der Waals surface area contributed by atoms with Crippen LogP contribution < -0.4 is 10.0 Å². The predicted molar refractivity (Wildman–Crippen MR) is 96.9 cm³/mol. The van der Waals surface area contributed by atoms with Gasteiger partial charge in [-0.15, -0.1) is 0 Å². The summed E-state index contributed by atoms with van der Waals surface area (Å²) < 4.78 is 24.8. The Morgan fingerprint density at radius 3 is 2.28 bits per heavy atom. The molecule has 2 rings (SSSR count). The Balaban J connectivity index is 1.88. The fourth-order valence-electron chi connectivity index (χ4n) is 2.83. The number of carbonyl (C=O) groups is 2. The van der Waals surface area contributed by atoms with Crippen molar-refractivity contribution < 1.29 is 18.0 Å². The van der Waals surface area contributed by atoms with E-state index < -0.39 is 10.0 Å². The number of amides is 2. The number of rotatable bonds is 6. The first-order valence-corrected chi connectivity index (χ1v) is 10.3. The van der Waals surface area contributed by atoms with Gasteiger partial charge in [0.25, 0.3) is 5.91 Å². The van der Waals surface area contributed by atoms with Crippen molar-refractivity contribution in [3.05, 3.63) is 29.8 Å². The second-order valence-electron chi connectivity index (χ2n) is 6.34. The largest absolute Gasteiger partial charge is 0.353 e. The minimum atomic E-state index is -3.33. The summed E-state index contributed by atoms with van der Waals surface area (Å²) in [6, 6.07) is 6.51. The number of nitrogens with zero attached hydrogens (tertiary/aromatic N) is 1. The van der Waals surface area contributed by atoms with Crippen LogP contribution in [0.1, 0.15) is 43.0 Å². The lowest BCUT2D eigenvalue weighted by Gasteiger charge is -2.32. The molecule has 1 aliphatic heterocycles. The fraction of sp³-hybridized carbons (Fsp3) is 0.529. The quantitative estimate of drug-likeness (QED) is 0.798. The molecule has 0 atom stereocenters. The molecule has 8 heteroatoms. The Labute approximate surface area is 148 Å². The maximum atomic E-state index is 12.5. The van der Waals surface area contributed by atoms with Crippen LogP contribution >= 0.6 is 0 Å². The monoisotopic (exact) mass is 367 g/mol. The normalized spacial score (nSPS) is 15.7. The van der Waals surface area contributed by atoms with Crippen molar-refractivity contribution in [2.45, 2.75) is 38.6 Å². The van der Waals surface area contributed by atoms with Crippen molar-refractivity contribution in [3.63, 3.8) is 0 Å². The highest BCUT2D eigenvalue weighted by Gasteiger charge is 2.24. The van der Waals surface area contributed by atoms with Gasteiger partial charge in [-0.3, -0.25) is 14.3 Å². The van der Waals surface area contributed by atoms with Crippen molar-refractivity contribution in [1.29, 1.82) is 0 Å². The highest BCUT2D eigenvalue weighted by Crippen LogP contribution is 2.16.